The molecule has 4 nitrogen and oxygen atoms in total. The number of ether oxygens (including phenoxy) is 2. The smallest absolute Gasteiger partial charge is 0.293 e. The molecule has 0 bridgehead atoms. The van der Waals surface area contributed by atoms with Gasteiger partial charge in [-0.2, -0.15) is 0 Å². The first-order valence-corrected chi connectivity index (χ1v) is 6.50. The van der Waals surface area contributed by atoms with Gasteiger partial charge in [0.1, 0.15) is 11.5 Å². The molecule has 0 radical (unpaired) electrons. The maximum absolute atomic E-state index is 5.79. The minimum absolute atomic E-state index is 0.498. The van der Waals surface area contributed by atoms with Crippen LogP contribution in [0.4, 0.5) is 0 Å². The van der Waals surface area contributed by atoms with Gasteiger partial charge in [0.15, 0.2) is 17.6 Å². The summed E-state index contributed by atoms with van der Waals surface area (Å²) in [6.45, 7) is 0.498. The van der Waals surface area contributed by atoms with Crippen molar-refractivity contribution in [3.63, 3.8) is 0 Å². The van der Waals surface area contributed by atoms with E-state index in [0.29, 0.717) is 6.61 Å². The third-order valence-corrected chi connectivity index (χ3v) is 3.38. The fourth-order valence-corrected chi connectivity index (χ4v) is 2.21. The average molecular weight is 269 g/mol. The molecule has 1 N–H and O–H groups in total. The van der Waals surface area contributed by atoms with Crippen molar-refractivity contribution in [3.8, 4) is 11.5 Å². The minimum atomic E-state index is 0.498. The Morgan fingerprint density at radius 1 is 1.00 bits per heavy atom. The molecule has 0 atom stereocenters. The summed E-state index contributed by atoms with van der Waals surface area (Å²) in [5.41, 5.74) is 2.28. The van der Waals surface area contributed by atoms with Crippen molar-refractivity contribution in [3.05, 3.63) is 54.4 Å². The molecule has 1 heterocycles. The Morgan fingerprint density at radius 3 is 2.40 bits per heavy atom. The van der Waals surface area contributed by atoms with Crippen molar-refractivity contribution >= 4 is 11.0 Å². The fourth-order valence-electron chi connectivity index (χ4n) is 2.21. The third-order valence-electron chi connectivity index (χ3n) is 3.38. The second-order valence-corrected chi connectivity index (χ2v) is 4.61. The maximum atomic E-state index is 5.79. The molecule has 3 aromatic rings. The number of nitrogens with one attached hydrogen (secondary N) is 1. The lowest BCUT2D eigenvalue weighted by Crippen LogP contribution is -2.32. The van der Waals surface area contributed by atoms with Gasteiger partial charge in [-0.1, -0.05) is 12.1 Å². The fraction of sp³-hybridized carbons (Fsp3) is 0.188. The van der Waals surface area contributed by atoms with Crippen LogP contribution in [0.5, 0.6) is 11.5 Å². The number of aromatic amines is 1. The Labute approximate surface area is 117 Å². The van der Waals surface area contributed by atoms with Crippen molar-refractivity contribution < 1.29 is 14.0 Å². The van der Waals surface area contributed by atoms with E-state index < -0.39 is 0 Å². The number of H-pyrrole nitrogens is 1. The van der Waals surface area contributed by atoms with E-state index in [9.17, 15) is 0 Å². The number of methoxy groups -OCH3 is 1. The molecule has 20 heavy (non-hydrogen) atoms. The van der Waals surface area contributed by atoms with Gasteiger partial charge in [0.05, 0.1) is 14.2 Å². The summed E-state index contributed by atoms with van der Waals surface area (Å²) in [6.07, 6.45) is 0. The number of hydrogen-bond donors (Lipinski definition) is 1. The van der Waals surface area contributed by atoms with Crippen molar-refractivity contribution in [2.45, 2.75) is 6.61 Å². The van der Waals surface area contributed by atoms with Gasteiger partial charge in [0.25, 0.3) is 5.82 Å². The second-order valence-electron chi connectivity index (χ2n) is 4.61. The number of nitrogens with zero attached hydrogens (tertiary/aromatic N) is 1. The third kappa shape index (κ3) is 2.32. The number of rotatable bonds is 4. The summed E-state index contributed by atoms with van der Waals surface area (Å²) in [6, 6.07) is 15.8. The molecule has 0 amide bonds. The van der Waals surface area contributed by atoms with Gasteiger partial charge in [-0.05, 0) is 36.4 Å². The van der Waals surface area contributed by atoms with E-state index in [1.807, 2.05) is 43.4 Å². The summed E-state index contributed by atoms with van der Waals surface area (Å²) < 4.78 is 13.0. The number of benzene rings is 2. The largest absolute Gasteiger partial charge is 0.497 e. The quantitative estimate of drug-likeness (QED) is 0.739. The molecule has 0 saturated heterocycles. The molecular weight excluding hydrogens is 252 g/mol. The first-order valence-electron chi connectivity index (χ1n) is 6.50. The monoisotopic (exact) mass is 269 g/mol. The van der Waals surface area contributed by atoms with E-state index in [-0.39, 0.29) is 0 Å². The second kappa shape index (κ2) is 5.25. The molecule has 0 aliphatic carbocycles. The van der Waals surface area contributed by atoms with Crippen LogP contribution in [0.1, 0.15) is 5.82 Å². The Hall–Kier alpha value is -2.49. The molecule has 0 saturated carbocycles. The zero-order valence-electron chi connectivity index (χ0n) is 11.6. The molecule has 0 unspecified atom stereocenters. The number of aromatic nitrogens is 2. The van der Waals surface area contributed by atoms with Gasteiger partial charge in [-0.25, -0.2) is 9.55 Å². The lowest BCUT2D eigenvalue weighted by Gasteiger charge is -2.04. The van der Waals surface area contributed by atoms with Crippen LogP contribution in [0, 0.1) is 0 Å². The van der Waals surface area contributed by atoms with Gasteiger partial charge in [0.2, 0.25) is 0 Å². The van der Waals surface area contributed by atoms with E-state index in [4.69, 9.17) is 9.47 Å². The van der Waals surface area contributed by atoms with Crippen LogP contribution in [0.2, 0.25) is 0 Å². The van der Waals surface area contributed by atoms with Gasteiger partial charge in [0, 0.05) is 0 Å². The van der Waals surface area contributed by atoms with Crippen molar-refractivity contribution in [1.29, 1.82) is 0 Å². The highest BCUT2D eigenvalue weighted by Gasteiger charge is 2.14. The maximum Gasteiger partial charge on any atom is 0.293 e. The topological polar surface area (TPSA) is 38.1 Å². The van der Waals surface area contributed by atoms with E-state index in [1.165, 1.54) is 5.52 Å². The molecule has 0 spiro atoms. The van der Waals surface area contributed by atoms with Gasteiger partial charge in [-0.15, -0.1) is 0 Å². The van der Waals surface area contributed by atoms with Crippen LogP contribution in [-0.2, 0) is 13.7 Å². The van der Waals surface area contributed by atoms with E-state index in [0.717, 1.165) is 22.8 Å². The normalized spacial score (nSPS) is 10.7. The van der Waals surface area contributed by atoms with Crippen LogP contribution in [0.25, 0.3) is 11.0 Å². The zero-order chi connectivity index (χ0) is 13.9. The highest BCUT2D eigenvalue weighted by Crippen LogP contribution is 2.18. The molecule has 3 rings (SSSR count). The Kier molecular flexibility index (Phi) is 3.29. The Morgan fingerprint density at radius 2 is 1.70 bits per heavy atom. The van der Waals surface area contributed by atoms with E-state index in [2.05, 4.69) is 21.7 Å². The van der Waals surface area contributed by atoms with Crippen molar-refractivity contribution in [1.82, 2.24) is 4.98 Å². The van der Waals surface area contributed by atoms with Crippen LogP contribution >= 0.6 is 0 Å². The predicted octanol–water partition coefficient (Wildman–Crippen LogP) is 2.58. The average Bonchev–Trinajstić information content (AvgIpc) is 2.83. The first kappa shape index (κ1) is 12.5. The summed E-state index contributed by atoms with van der Waals surface area (Å²) in [5.74, 6) is 2.68. The van der Waals surface area contributed by atoms with Crippen LogP contribution < -0.4 is 14.0 Å². The first-order chi connectivity index (χ1) is 9.78. The molecule has 0 aliphatic rings. The van der Waals surface area contributed by atoms with Crippen LogP contribution in [0.15, 0.2) is 48.5 Å². The van der Waals surface area contributed by atoms with Crippen molar-refractivity contribution in [2.75, 3.05) is 7.11 Å². The molecular formula is C16H17N2O2+. The molecule has 1 aromatic heterocycles. The Balaban J connectivity index is 1.77. The number of hydrogen-bond acceptors (Lipinski definition) is 2. The summed E-state index contributed by atoms with van der Waals surface area (Å²) >= 11 is 0. The van der Waals surface area contributed by atoms with Crippen LogP contribution in [0.3, 0.4) is 0 Å². The number of fused-ring (bicyclic) bond motifs is 1. The van der Waals surface area contributed by atoms with Gasteiger partial charge in [-0.3, -0.25) is 0 Å². The highest BCUT2D eigenvalue weighted by atomic mass is 16.5. The van der Waals surface area contributed by atoms with E-state index in [1.54, 1.807) is 7.11 Å². The molecule has 2 aromatic carbocycles. The summed E-state index contributed by atoms with van der Waals surface area (Å²) in [7, 11) is 3.69. The summed E-state index contributed by atoms with van der Waals surface area (Å²) in [4.78, 5) is 3.37. The Bertz CT molecular complexity index is 717. The standard InChI is InChI=1S/C16H16N2O2/c1-18-15-6-4-3-5-14(15)17-16(18)11-20-13-9-7-12(19-2)8-10-13/h3-10H,11H2,1-2H3/p+1. The van der Waals surface area contributed by atoms with Gasteiger partial charge >= 0.3 is 0 Å². The molecule has 4 heteroatoms. The van der Waals surface area contributed by atoms with Crippen LogP contribution in [-0.4, -0.2) is 12.1 Å². The predicted molar refractivity (Wildman–Crippen MR) is 76.8 cm³/mol. The number of para-hydroxylation sites is 2. The van der Waals surface area contributed by atoms with Crippen molar-refractivity contribution in [2.24, 2.45) is 7.05 Å². The lowest BCUT2D eigenvalue weighted by atomic mass is 10.3. The highest BCUT2D eigenvalue weighted by molar-refractivity contribution is 5.70. The number of aryl methyl sites for hydroxylation is 1. The molecule has 102 valence electrons. The van der Waals surface area contributed by atoms with Gasteiger partial charge < -0.3 is 9.47 Å². The molecule has 0 fully saturated rings. The van der Waals surface area contributed by atoms with E-state index >= 15 is 0 Å². The SMILES string of the molecule is COc1ccc(OCc2[nH]c3ccccc3[n+]2C)cc1. The zero-order valence-corrected chi connectivity index (χ0v) is 11.6. The number of imidazole rings is 1. The minimum Gasteiger partial charge on any atom is -0.497 e. The lowest BCUT2D eigenvalue weighted by molar-refractivity contribution is -0.654. The summed E-state index contributed by atoms with van der Waals surface area (Å²) in [5, 5.41) is 0. The molecule has 0 aliphatic heterocycles.